The number of nitrogens with zero attached hydrogens (tertiary/aromatic N) is 2. The van der Waals surface area contributed by atoms with E-state index in [1.54, 1.807) is 23.5 Å². The first kappa shape index (κ1) is 23.9. The highest BCUT2D eigenvalue weighted by molar-refractivity contribution is 7.89. The second-order valence-corrected chi connectivity index (χ2v) is 12.4. The van der Waals surface area contributed by atoms with Crippen molar-refractivity contribution in [1.82, 2.24) is 14.6 Å². The standard InChI is InChI=1S/C25H31N3O3S2/c1-25(2,3)19-8-10-20(11-9-19)33(30,31)26-15-12-23(29)28-16-13-18(14-17-28)24-27-21-6-4-5-7-22(21)32-24/h4-11,18,26H,12-17H2,1-3H3. The van der Waals surface area contributed by atoms with E-state index in [0.717, 1.165) is 28.9 Å². The van der Waals surface area contributed by atoms with Gasteiger partial charge in [0.2, 0.25) is 15.9 Å². The number of hydrogen-bond acceptors (Lipinski definition) is 5. The number of carbonyl (C=O) groups is 1. The summed E-state index contributed by atoms with van der Waals surface area (Å²) in [6.07, 6.45) is 1.93. The summed E-state index contributed by atoms with van der Waals surface area (Å²) in [7, 11) is -3.63. The Hall–Kier alpha value is -2.29. The predicted octanol–water partition coefficient (Wildman–Crippen LogP) is 4.67. The molecular formula is C25H31N3O3S2. The number of para-hydroxylation sites is 1. The van der Waals surface area contributed by atoms with E-state index in [1.807, 2.05) is 35.2 Å². The van der Waals surface area contributed by atoms with Gasteiger partial charge in [0.05, 0.1) is 20.1 Å². The molecule has 0 spiro atoms. The highest BCUT2D eigenvalue weighted by Gasteiger charge is 2.26. The van der Waals surface area contributed by atoms with E-state index in [1.165, 1.54) is 4.70 Å². The van der Waals surface area contributed by atoms with Gasteiger partial charge in [0.1, 0.15) is 0 Å². The molecule has 2 heterocycles. The van der Waals surface area contributed by atoms with Crippen molar-refractivity contribution >= 4 is 37.5 Å². The van der Waals surface area contributed by atoms with Gasteiger partial charge in [0.15, 0.2) is 0 Å². The van der Waals surface area contributed by atoms with Crippen LogP contribution in [0, 0.1) is 0 Å². The number of fused-ring (bicyclic) bond motifs is 1. The van der Waals surface area contributed by atoms with Crippen LogP contribution in [0.15, 0.2) is 53.4 Å². The van der Waals surface area contributed by atoms with Crippen LogP contribution >= 0.6 is 11.3 Å². The number of piperidine rings is 1. The SMILES string of the molecule is CC(C)(C)c1ccc(S(=O)(=O)NCCC(=O)N2CCC(c3nc4ccccc4s3)CC2)cc1. The fraction of sp³-hybridized carbons (Fsp3) is 0.440. The van der Waals surface area contributed by atoms with Gasteiger partial charge < -0.3 is 4.90 Å². The van der Waals surface area contributed by atoms with Gasteiger partial charge >= 0.3 is 0 Å². The predicted molar refractivity (Wildman–Crippen MR) is 133 cm³/mol. The van der Waals surface area contributed by atoms with Crippen LogP contribution in [-0.2, 0) is 20.2 Å². The molecule has 1 amide bonds. The Labute approximate surface area is 200 Å². The van der Waals surface area contributed by atoms with Crippen LogP contribution in [0.2, 0.25) is 0 Å². The van der Waals surface area contributed by atoms with E-state index in [9.17, 15) is 13.2 Å². The molecule has 3 aromatic rings. The number of thiazole rings is 1. The fourth-order valence-electron chi connectivity index (χ4n) is 4.11. The van der Waals surface area contributed by atoms with Crippen molar-refractivity contribution < 1.29 is 13.2 Å². The lowest BCUT2D eigenvalue weighted by Gasteiger charge is -2.31. The molecule has 1 aromatic heterocycles. The lowest BCUT2D eigenvalue weighted by atomic mass is 9.87. The lowest BCUT2D eigenvalue weighted by molar-refractivity contribution is -0.132. The molecule has 0 bridgehead atoms. The van der Waals surface area contributed by atoms with E-state index < -0.39 is 10.0 Å². The minimum atomic E-state index is -3.63. The summed E-state index contributed by atoms with van der Waals surface area (Å²) >= 11 is 1.74. The smallest absolute Gasteiger partial charge is 0.240 e. The van der Waals surface area contributed by atoms with Gasteiger partial charge in [0.25, 0.3) is 0 Å². The first-order chi connectivity index (χ1) is 15.6. The summed E-state index contributed by atoms with van der Waals surface area (Å²) in [5, 5.41) is 1.15. The number of likely N-dealkylation sites (tertiary alicyclic amines) is 1. The summed E-state index contributed by atoms with van der Waals surface area (Å²) in [4.78, 5) is 19.5. The molecule has 1 fully saturated rings. The summed E-state index contributed by atoms with van der Waals surface area (Å²) in [6.45, 7) is 7.72. The molecule has 0 aliphatic carbocycles. The first-order valence-corrected chi connectivity index (χ1v) is 13.7. The van der Waals surface area contributed by atoms with Crippen LogP contribution < -0.4 is 4.72 Å². The van der Waals surface area contributed by atoms with Crippen molar-refractivity contribution in [2.75, 3.05) is 19.6 Å². The minimum absolute atomic E-state index is 0.0106. The maximum Gasteiger partial charge on any atom is 0.240 e. The summed E-state index contributed by atoms with van der Waals surface area (Å²) in [5.74, 6) is 0.365. The number of rotatable bonds is 6. The molecule has 0 radical (unpaired) electrons. The Kier molecular flexibility index (Phi) is 6.88. The Morgan fingerprint density at radius 3 is 2.39 bits per heavy atom. The van der Waals surface area contributed by atoms with E-state index in [4.69, 9.17) is 4.98 Å². The molecule has 2 aromatic carbocycles. The van der Waals surface area contributed by atoms with Crippen LogP contribution in [0.4, 0.5) is 0 Å². The molecule has 33 heavy (non-hydrogen) atoms. The average molecular weight is 486 g/mol. The molecule has 1 aliphatic rings. The number of carbonyl (C=O) groups excluding carboxylic acids is 1. The molecule has 0 saturated carbocycles. The molecule has 1 saturated heterocycles. The second-order valence-electron chi connectivity index (χ2n) is 9.60. The molecule has 0 unspecified atom stereocenters. The fourth-order valence-corrected chi connectivity index (χ4v) is 6.28. The second kappa shape index (κ2) is 9.52. The van der Waals surface area contributed by atoms with Crippen molar-refractivity contribution in [3.8, 4) is 0 Å². The van der Waals surface area contributed by atoms with Gasteiger partial charge in [-0.25, -0.2) is 18.1 Å². The zero-order chi connectivity index (χ0) is 23.6. The van der Waals surface area contributed by atoms with E-state index in [2.05, 4.69) is 31.6 Å². The molecule has 0 atom stereocenters. The zero-order valence-corrected chi connectivity index (χ0v) is 21.0. The van der Waals surface area contributed by atoms with E-state index in [-0.39, 0.29) is 29.2 Å². The summed E-state index contributed by atoms with van der Waals surface area (Å²) in [6, 6.07) is 15.1. The van der Waals surface area contributed by atoms with Gasteiger partial charge in [-0.15, -0.1) is 11.3 Å². The quantitative estimate of drug-likeness (QED) is 0.550. The first-order valence-electron chi connectivity index (χ1n) is 11.4. The third-order valence-electron chi connectivity index (χ3n) is 6.17. The Morgan fingerprint density at radius 2 is 1.76 bits per heavy atom. The molecule has 1 aliphatic heterocycles. The minimum Gasteiger partial charge on any atom is -0.343 e. The van der Waals surface area contributed by atoms with E-state index >= 15 is 0 Å². The largest absolute Gasteiger partial charge is 0.343 e. The van der Waals surface area contributed by atoms with Gasteiger partial charge in [-0.2, -0.15) is 0 Å². The van der Waals surface area contributed by atoms with Crippen LogP contribution in [0.25, 0.3) is 10.2 Å². The van der Waals surface area contributed by atoms with Crippen molar-refractivity contribution in [2.24, 2.45) is 0 Å². The highest BCUT2D eigenvalue weighted by Crippen LogP contribution is 2.33. The van der Waals surface area contributed by atoms with Crippen LogP contribution in [0.1, 0.15) is 56.5 Å². The van der Waals surface area contributed by atoms with E-state index in [0.29, 0.717) is 19.0 Å². The molecule has 4 rings (SSSR count). The number of benzene rings is 2. The third kappa shape index (κ3) is 5.62. The number of sulfonamides is 1. The Balaban J connectivity index is 1.26. The normalized spacial score (nSPS) is 15.8. The summed E-state index contributed by atoms with van der Waals surface area (Å²) < 4.78 is 28.9. The molecule has 6 nitrogen and oxygen atoms in total. The highest BCUT2D eigenvalue weighted by atomic mass is 32.2. The van der Waals surface area contributed by atoms with Crippen molar-refractivity contribution in [1.29, 1.82) is 0 Å². The average Bonchev–Trinajstić information content (AvgIpc) is 3.23. The lowest BCUT2D eigenvalue weighted by Crippen LogP contribution is -2.39. The van der Waals surface area contributed by atoms with Gasteiger partial charge in [-0.1, -0.05) is 45.0 Å². The summed E-state index contributed by atoms with van der Waals surface area (Å²) in [5.41, 5.74) is 2.07. The van der Waals surface area contributed by atoms with Crippen molar-refractivity contribution in [3.05, 3.63) is 59.1 Å². The molecular weight excluding hydrogens is 454 g/mol. The Bertz CT molecular complexity index is 1190. The number of amides is 1. The van der Waals surface area contributed by atoms with Crippen LogP contribution in [0.3, 0.4) is 0 Å². The monoisotopic (exact) mass is 485 g/mol. The van der Waals surface area contributed by atoms with Crippen molar-refractivity contribution in [2.45, 2.75) is 56.3 Å². The van der Waals surface area contributed by atoms with Gasteiger partial charge in [-0.3, -0.25) is 4.79 Å². The maximum absolute atomic E-state index is 12.6. The number of nitrogens with one attached hydrogen (secondary N) is 1. The topological polar surface area (TPSA) is 79.4 Å². The third-order valence-corrected chi connectivity index (χ3v) is 8.84. The van der Waals surface area contributed by atoms with Crippen molar-refractivity contribution in [3.63, 3.8) is 0 Å². The molecule has 8 heteroatoms. The van der Waals surface area contributed by atoms with Crippen LogP contribution in [-0.4, -0.2) is 43.8 Å². The molecule has 176 valence electrons. The van der Waals surface area contributed by atoms with Gasteiger partial charge in [0, 0.05) is 32.0 Å². The Morgan fingerprint density at radius 1 is 1.09 bits per heavy atom. The molecule has 1 N–H and O–H groups in total. The van der Waals surface area contributed by atoms with Crippen LogP contribution in [0.5, 0.6) is 0 Å². The number of aromatic nitrogens is 1. The van der Waals surface area contributed by atoms with Gasteiger partial charge in [-0.05, 0) is 48.1 Å². The number of hydrogen-bond donors (Lipinski definition) is 1. The zero-order valence-electron chi connectivity index (χ0n) is 19.4. The maximum atomic E-state index is 12.6.